The molecule has 0 fully saturated rings. The standard InChI is InChI=1S/C9H17NO3/c1-7(2)5-4-6-8(10-12)9(11)13-3/h7,12H,4-6H2,1-3H3. The Hall–Kier alpha value is -1.06. The second kappa shape index (κ2) is 6.46. The van der Waals surface area contributed by atoms with Crippen LogP contribution in [-0.4, -0.2) is 24.0 Å². The van der Waals surface area contributed by atoms with E-state index in [0.717, 1.165) is 12.8 Å². The van der Waals surface area contributed by atoms with E-state index in [2.05, 4.69) is 23.7 Å². The molecule has 1 N–H and O–H groups in total. The lowest BCUT2D eigenvalue weighted by Gasteiger charge is -2.04. The molecule has 0 unspecified atom stereocenters. The van der Waals surface area contributed by atoms with Gasteiger partial charge in [0.25, 0.3) is 0 Å². The van der Waals surface area contributed by atoms with Crippen LogP contribution < -0.4 is 0 Å². The fraction of sp³-hybridized carbons (Fsp3) is 0.778. The molecule has 4 nitrogen and oxygen atoms in total. The third-order valence-electron chi connectivity index (χ3n) is 1.74. The van der Waals surface area contributed by atoms with Crippen molar-refractivity contribution in [2.75, 3.05) is 7.11 Å². The Balaban J connectivity index is 3.81. The van der Waals surface area contributed by atoms with Crippen LogP contribution in [0.2, 0.25) is 0 Å². The molecule has 0 aliphatic carbocycles. The van der Waals surface area contributed by atoms with Gasteiger partial charge in [0.05, 0.1) is 7.11 Å². The minimum Gasteiger partial charge on any atom is -0.464 e. The van der Waals surface area contributed by atoms with E-state index in [9.17, 15) is 4.79 Å². The molecule has 0 radical (unpaired) electrons. The molecule has 13 heavy (non-hydrogen) atoms. The average molecular weight is 187 g/mol. The highest BCUT2D eigenvalue weighted by molar-refractivity contribution is 6.36. The topological polar surface area (TPSA) is 58.9 Å². The highest BCUT2D eigenvalue weighted by atomic mass is 16.5. The van der Waals surface area contributed by atoms with Crippen LogP contribution in [0, 0.1) is 5.92 Å². The fourth-order valence-electron chi connectivity index (χ4n) is 0.988. The van der Waals surface area contributed by atoms with Crippen LogP contribution in [0.5, 0.6) is 0 Å². The van der Waals surface area contributed by atoms with E-state index in [1.165, 1.54) is 7.11 Å². The van der Waals surface area contributed by atoms with Gasteiger partial charge in [-0.05, 0) is 12.3 Å². The Morgan fingerprint density at radius 3 is 2.54 bits per heavy atom. The largest absolute Gasteiger partial charge is 0.464 e. The van der Waals surface area contributed by atoms with Gasteiger partial charge in [-0.1, -0.05) is 25.4 Å². The van der Waals surface area contributed by atoms with Gasteiger partial charge < -0.3 is 9.94 Å². The maximum Gasteiger partial charge on any atom is 0.355 e. The number of oxime groups is 1. The summed E-state index contributed by atoms with van der Waals surface area (Å²) >= 11 is 0. The van der Waals surface area contributed by atoms with Gasteiger partial charge in [0.15, 0.2) is 5.71 Å². The van der Waals surface area contributed by atoms with Crippen molar-refractivity contribution in [2.45, 2.75) is 33.1 Å². The van der Waals surface area contributed by atoms with Gasteiger partial charge in [0, 0.05) is 6.42 Å². The highest BCUT2D eigenvalue weighted by Crippen LogP contribution is 2.07. The molecule has 0 aromatic carbocycles. The number of carbonyl (C=O) groups is 1. The summed E-state index contributed by atoms with van der Waals surface area (Å²) < 4.78 is 4.43. The van der Waals surface area contributed by atoms with Gasteiger partial charge in [0.2, 0.25) is 0 Å². The highest BCUT2D eigenvalue weighted by Gasteiger charge is 2.11. The average Bonchev–Trinajstić information content (AvgIpc) is 2.11. The molecule has 0 aliphatic heterocycles. The summed E-state index contributed by atoms with van der Waals surface area (Å²) in [6.07, 6.45) is 2.32. The number of methoxy groups -OCH3 is 1. The lowest BCUT2D eigenvalue weighted by molar-refractivity contribution is -0.133. The molecule has 4 heteroatoms. The van der Waals surface area contributed by atoms with Crippen molar-refractivity contribution in [3.05, 3.63) is 0 Å². The summed E-state index contributed by atoms with van der Waals surface area (Å²) in [6.45, 7) is 4.21. The monoisotopic (exact) mass is 187 g/mol. The molecule has 0 heterocycles. The maximum atomic E-state index is 10.9. The first-order valence-electron chi connectivity index (χ1n) is 4.41. The summed E-state index contributed by atoms with van der Waals surface area (Å²) in [6, 6.07) is 0. The number of nitrogens with zero attached hydrogens (tertiary/aromatic N) is 1. The summed E-state index contributed by atoms with van der Waals surface area (Å²) in [5, 5.41) is 11.4. The van der Waals surface area contributed by atoms with E-state index >= 15 is 0 Å². The number of hydrogen-bond acceptors (Lipinski definition) is 4. The van der Waals surface area contributed by atoms with Crippen molar-refractivity contribution in [2.24, 2.45) is 11.1 Å². The smallest absolute Gasteiger partial charge is 0.355 e. The first kappa shape index (κ1) is 11.9. The first-order chi connectivity index (χ1) is 6.11. The minimum atomic E-state index is -0.550. The van der Waals surface area contributed by atoms with Crippen molar-refractivity contribution in [3.63, 3.8) is 0 Å². The van der Waals surface area contributed by atoms with Gasteiger partial charge >= 0.3 is 5.97 Å². The third-order valence-corrected chi connectivity index (χ3v) is 1.74. The molecular weight excluding hydrogens is 170 g/mol. The second-order valence-electron chi connectivity index (χ2n) is 3.32. The van der Waals surface area contributed by atoms with E-state index < -0.39 is 5.97 Å². The van der Waals surface area contributed by atoms with Crippen LogP contribution in [0.15, 0.2) is 5.16 Å². The van der Waals surface area contributed by atoms with E-state index in [0.29, 0.717) is 12.3 Å². The predicted octanol–water partition coefficient (Wildman–Crippen LogP) is 1.82. The minimum absolute atomic E-state index is 0.100. The molecular formula is C9H17NO3. The van der Waals surface area contributed by atoms with Crippen LogP contribution in [0.25, 0.3) is 0 Å². The maximum absolute atomic E-state index is 10.9. The van der Waals surface area contributed by atoms with E-state index in [1.807, 2.05) is 0 Å². The zero-order valence-electron chi connectivity index (χ0n) is 8.41. The van der Waals surface area contributed by atoms with Gasteiger partial charge in [-0.3, -0.25) is 0 Å². The molecule has 0 saturated heterocycles. The lowest BCUT2D eigenvalue weighted by atomic mass is 10.0. The second-order valence-corrected chi connectivity index (χ2v) is 3.32. The number of esters is 1. The number of hydrogen-bond donors (Lipinski definition) is 1. The molecule has 0 rings (SSSR count). The van der Waals surface area contributed by atoms with Crippen molar-refractivity contribution >= 4 is 11.7 Å². The zero-order valence-corrected chi connectivity index (χ0v) is 8.41. The molecule has 0 spiro atoms. The Morgan fingerprint density at radius 1 is 1.54 bits per heavy atom. The normalized spacial score (nSPS) is 11.8. The zero-order chi connectivity index (χ0) is 10.3. The lowest BCUT2D eigenvalue weighted by Crippen LogP contribution is -2.15. The molecule has 0 aromatic heterocycles. The van der Waals surface area contributed by atoms with Gasteiger partial charge in [0.1, 0.15) is 0 Å². The SMILES string of the molecule is COC(=O)C(CCCC(C)C)=NO. The van der Waals surface area contributed by atoms with E-state index in [-0.39, 0.29) is 5.71 Å². The van der Waals surface area contributed by atoms with Crippen LogP contribution in [0.3, 0.4) is 0 Å². The summed E-state index contributed by atoms with van der Waals surface area (Å²) in [5.74, 6) is 0.0452. The van der Waals surface area contributed by atoms with Crippen LogP contribution >= 0.6 is 0 Å². The molecule has 0 aromatic rings. The first-order valence-corrected chi connectivity index (χ1v) is 4.41. The molecule has 0 bridgehead atoms. The number of rotatable bonds is 5. The summed E-state index contributed by atoms with van der Waals surface area (Å²) in [4.78, 5) is 10.9. The quantitative estimate of drug-likeness (QED) is 0.309. The number of carbonyl (C=O) groups excluding carboxylic acids is 1. The van der Waals surface area contributed by atoms with Crippen LogP contribution in [0.4, 0.5) is 0 Å². The molecule has 0 saturated carbocycles. The Bertz CT molecular complexity index is 187. The summed E-state index contributed by atoms with van der Waals surface area (Å²) in [5.41, 5.74) is 0.100. The Labute approximate surface area is 78.6 Å². The van der Waals surface area contributed by atoms with E-state index in [4.69, 9.17) is 5.21 Å². The van der Waals surface area contributed by atoms with Crippen molar-refractivity contribution in [3.8, 4) is 0 Å². The van der Waals surface area contributed by atoms with Gasteiger partial charge in [-0.25, -0.2) is 4.79 Å². The van der Waals surface area contributed by atoms with Crippen molar-refractivity contribution in [1.82, 2.24) is 0 Å². The fourth-order valence-corrected chi connectivity index (χ4v) is 0.988. The predicted molar refractivity (Wildman–Crippen MR) is 49.9 cm³/mol. The number of ether oxygens (including phenoxy) is 1. The molecule has 0 aliphatic rings. The molecule has 0 atom stereocenters. The molecule has 76 valence electrons. The Morgan fingerprint density at radius 2 is 2.15 bits per heavy atom. The van der Waals surface area contributed by atoms with Crippen LogP contribution in [0.1, 0.15) is 33.1 Å². The van der Waals surface area contributed by atoms with Gasteiger partial charge in [-0.2, -0.15) is 0 Å². The Kier molecular flexibility index (Phi) is 5.93. The van der Waals surface area contributed by atoms with E-state index in [1.54, 1.807) is 0 Å². The van der Waals surface area contributed by atoms with Crippen molar-refractivity contribution < 1.29 is 14.7 Å². The van der Waals surface area contributed by atoms with Crippen molar-refractivity contribution in [1.29, 1.82) is 0 Å². The molecule has 0 amide bonds. The van der Waals surface area contributed by atoms with Crippen LogP contribution in [-0.2, 0) is 9.53 Å². The van der Waals surface area contributed by atoms with Gasteiger partial charge in [-0.15, -0.1) is 0 Å². The summed E-state index contributed by atoms with van der Waals surface area (Å²) in [7, 11) is 1.27. The third kappa shape index (κ3) is 5.22.